The molecule has 0 aliphatic carbocycles. The van der Waals surface area contributed by atoms with Crippen molar-refractivity contribution in [2.24, 2.45) is 0 Å². The summed E-state index contributed by atoms with van der Waals surface area (Å²) in [6.07, 6.45) is 2.90. The highest BCUT2D eigenvalue weighted by Gasteiger charge is 1.96. The summed E-state index contributed by atoms with van der Waals surface area (Å²) in [7, 11) is 0. The Morgan fingerprint density at radius 2 is 1.95 bits per heavy atom. The highest BCUT2D eigenvalue weighted by Crippen LogP contribution is 2.07. The average Bonchev–Trinajstić information content (AvgIpc) is 2.37. The molecule has 1 N–H and O–H groups in total. The van der Waals surface area contributed by atoms with Crippen LogP contribution in [-0.2, 0) is 20.9 Å². The lowest BCUT2D eigenvalue weighted by atomic mass is 10.1. The standard InChI is InChI=1S/C15H20O4/c1-12(2)19-10-9-18-11-14-5-3-13(4-6-14)7-8-15(16)17/h3-8,12H,9-11H2,1-2H3,(H,16,17)/b8-7+. The smallest absolute Gasteiger partial charge is 0.328 e. The monoisotopic (exact) mass is 264 g/mol. The summed E-state index contributed by atoms with van der Waals surface area (Å²) in [4.78, 5) is 10.4. The summed E-state index contributed by atoms with van der Waals surface area (Å²) in [5.41, 5.74) is 1.91. The fourth-order valence-electron chi connectivity index (χ4n) is 1.43. The number of hydrogen-bond acceptors (Lipinski definition) is 3. The summed E-state index contributed by atoms with van der Waals surface area (Å²) in [5.74, 6) is -0.947. The van der Waals surface area contributed by atoms with Crippen molar-refractivity contribution in [3.63, 3.8) is 0 Å². The molecular formula is C15H20O4. The van der Waals surface area contributed by atoms with Crippen molar-refractivity contribution in [3.8, 4) is 0 Å². The Morgan fingerprint density at radius 3 is 2.53 bits per heavy atom. The molecular weight excluding hydrogens is 244 g/mol. The molecule has 0 radical (unpaired) electrons. The van der Waals surface area contributed by atoms with Crippen LogP contribution in [0.2, 0.25) is 0 Å². The first kappa shape index (κ1) is 15.4. The van der Waals surface area contributed by atoms with E-state index in [2.05, 4.69) is 0 Å². The Balaban J connectivity index is 2.30. The van der Waals surface area contributed by atoms with Crippen LogP contribution >= 0.6 is 0 Å². The van der Waals surface area contributed by atoms with Gasteiger partial charge in [-0.05, 0) is 31.1 Å². The van der Waals surface area contributed by atoms with Gasteiger partial charge in [-0.1, -0.05) is 24.3 Å². The molecule has 104 valence electrons. The number of aliphatic carboxylic acids is 1. The van der Waals surface area contributed by atoms with Crippen LogP contribution in [0.1, 0.15) is 25.0 Å². The van der Waals surface area contributed by atoms with Gasteiger partial charge in [-0.2, -0.15) is 0 Å². The van der Waals surface area contributed by atoms with E-state index in [0.29, 0.717) is 19.8 Å². The van der Waals surface area contributed by atoms with Gasteiger partial charge in [0.1, 0.15) is 0 Å². The SMILES string of the molecule is CC(C)OCCOCc1ccc(/C=C/C(=O)O)cc1. The van der Waals surface area contributed by atoms with E-state index in [1.165, 1.54) is 0 Å². The first-order chi connectivity index (χ1) is 9.08. The molecule has 0 atom stereocenters. The van der Waals surface area contributed by atoms with E-state index in [1.54, 1.807) is 6.08 Å². The minimum absolute atomic E-state index is 0.226. The summed E-state index contributed by atoms with van der Waals surface area (Å²) >= 11 is 0. The number of carboxylic acids is 1. The van der Waals surface area contributed by atoms with E-state index in [-0.39, 0.29) is 6.10 Å². The zero-order valence-corrected chi connectivity index (χ0v) is 11.3. The van der Waals surface area contributed by atoms with Crippen LogP contribution < -0.4 is 0 Å². The number of hydrogen-bond donors (Lipinski definition) is 1. The maximum atomic E-state index is 10.4. The summed E-state index contributed by atoms with van der Waals surface area (Å²) < 4.78 is 10.8. The van der Waals surface area contributed by atoms with Gasteiger partial charge in [-0.25, -0.2) is 4.79 Å². The predicted octanol–water partition coefficient (Wildman–Crippen LogP) is 2.73. The van der Waals surface area contributed by atoms with E-state index in [9.17, 15) is 4.79 Å². The van der Waals surface area contributed by atoms with Crippen LogP contribution in [0, 0.1) is 0 Å². The van der Waals surface area contributed by atoms with E-state index in [1.807, 2.05) is 38.1 Å². The van der Waals surface area contributed by atoms with E-state index in [4.69, 9.17) is 14.6 Å². The zero-order valence-electron chi connectivity index (χ0n) is 11.3. The van der Waals surface area contributed by atoms with Gasteiger partial charge in [0.15, 0.2) is 0 Å². The molecule has 0 unspecified atom stereocenters. The summed E-state index contributed by atoms with van der Waals surface area (Å²) in [6, 6.07) is 7.57. The number of carboxylic acid groups (broad SMARTS) is 1. The van der Waals surface area contributed by atoms with Crippen molar-refractivity contribution in [2.75, 3.05) is 13.2 Å². The first-order valence-electron chi connectivity index (χ1n) is 6.27. The van der Waals surface area contributed by atoms with Gasteiger partial charge in [0.05, 0.1) is 25.9 Å². The zero-order chi connectivity index (χ0) is 14.1. The van der Waals surface area contributed by atoms with Crippen molar-refractivity contribution in [2.45, 2.75) is 26.6 Å². The van der Waals surface area contributed by atoms with Gasteiger partial charge < -0.3 is 14.6 Å². The average molecular weight is 264 g/mol. The second kappa shape index (κ2) is 8.45. The molecule has 0 amide bonds. The molecule has 0 fully saturated rings. The van der Waals surface area contributed by atoms with E-state index in [0.717, 1.165) is 17.2 Å². The van der Waals surface area contributed by atoms with Crippen molar-refractivity contribution in [3.05, 3.63) is 41.5 Å². The molecule has 19 heavy (non-hydrogen) atoms. The molecule has 0 aliphatic rings. The molecule has 0 aromatic heterocycles. The minimum Gasteiger partial charge on any atom is -0.478 e. The molecule has 0 heterocycles. The summed E-state index contributed by atoms with van der Waals surface area (Å²) in [6.45, 7) is 5.67. The number of carbonyl (C=O) groups is 1. The Hall–Kier alpha value is -1.65. The maximum absolute atomic E-state index is 10.4. The highest BCUT2D eigenvalue weighted by atomic mass is 16.5. The Bertz CT molecular complexity index is 407. The molecule has 4 heteroatoms. The molecule has 0 saturated carbocycles. The Morgan fingerprint density at radius 1 is 1.26 bits per heavy atom. The van der Waals surface area contributed by atoms with Crippen molar-refractivity contribution in [1.29, 1.82) is 0 Å². The third-order valence-corrected chi connectivity index (χ3v) is 2.35. The van der Waals surface area contributed by atoms with Gasteiger partial charge in [0, 0.05) is 6.08 Å². The molecule has 0 saturated heterocycles. The van der Waals surface area contributed by atoms with Gasteiger partial charge in [-0.15, -0.1) is 0 Å². The van der Waals surface area contributed by atoms with Crippen molar-refractivity contribution in [1.82, 2.24) is 0 Å². The van der Waals surface area contributed by atoms with Crippen LogP contribution in [0.3, 0.4) is 0 Å². The number of benzene rings is 1. The molecule has 1 rings (SSSR count). The lowest BCUT2D eigenvalue weighted by molar-refractivity contribution is -0.131. The Labute approximate surface area is 113 Å². The minimum atomic E-state index is -0.947. The fourth-order valence-corrected chi connectivity index (χ4v) is 1.43. The molecule has 0 spiro atoms. The van der Waals surface area contributed by atoms with Crippen LogP contribution in [0.15, 0.2) is 30.3 Å². The Kier molecular flexibility index (Phi) is 6.85. The van der Waals surface area contributed by atoms with Gasteiger partial charge in [0.25, 0.3) is 0 Å². The summed E-state index contributed by atoms with van der Waals surface area (Å²) in [5, 5.41) is 8.52. The highest BCUT2D eigenvalue weighted by molar-refractivity contribution is 5.85. The molecule has 1 aromatic carbocycles. The number of rotatable bonds is 8. The second-order valence-corrected chi connectivity index (χ2v) is 4.39. The molecule has 1 aromatic rings. The van der Waals surface area contributed by atoms with Gasteiger partial charge in [-0.3, -0.25) is 0 Å². The third-order valence-electron chi connectivity index (χ3n) is 2.35. The normalized spacial score (nSPS) is 11.3. The predicted molar refractivity (Wildman–Crippen MR) is 73.9 cm³/mol. The largest absolute Gasteiger partial charge is 0.478 e. The van der Waals surface area contributed by atoms with Crippen LogP contribution in [0.5, 0.6) is 0 Å². The number of ether oxygens (including phenoxy) is 2. The van der Waals surface area contributed by atoms with E-state index >= 15 is 0 Å². The van der Waals surface area contributed by atoms with Crippen LogP contribution in [-0.4, -0.2) is 30.4 Å². The topological polar surface area (TPSA) is 55.8 Å². The third kappa shape index (κ3) is 7.39. The molecule has 4 nitrogen and oxygen atoms in total. The lowest BCUT2D eigenvalue weighted by Crippen LogP contribution is -2.09. The van der Waals surface area contributed by atoms with Crippen molar-refractivity contribution >= 4 is 12.0 Å². The van der Waals surface area contributed by atoms with E-state index < -0.39 is 5.97 Å². The van der Waals surface area contributed by atoms with Gasteiger partial charge in [0.2, 0.25) is 0 Å². The quantitative estimate of drug-likeness (QED) is 0.579. The fraction of sp³-hybridized carbons (Fsp3) is 0.400. The van der Waals surface area contributed by atoms with Crippen molar-refractivity contribution < 1.29 is 19.4 Å². The van der Waals surface area contributed by atoms with Gasteiger partial charge >= 0.3 is 5.97 Å². The second-order valence-electron chi connectivity index (χ2n) is 4.39. The first-order valence-corrected chi connectivity index (χ1v) is 6.27. The lowest BCUT2D eigenvalue weighted by Gasteiger charge is -2.08. The van der Waals surface area contributed by atoms with Crippen LogP contribution in [0.4, 0.5) is 0 Å². The maximum Gasteiger partial charge on any atom is 0.328 e. The molecule has 0 aliphatic heterocycles. The van der Waals surface area contributed by atoms with Crippen LogP contribution in [0.25, 0.3) is 6.08 Å². The molecule has 0 bridgehead atoms.